The van der Waals surface area contributed by atoms with Crippen molar-refractivity contribution in [3.8, 4) is 51.0 Å². The maximum absolute atomic E-state index is 6.56. The number of rotatable bonds is 5. The predicted octanol–water partition coefficient (Wildman–Crippen LogP) is 16.1. The molecule has 0 spiro atoms. The summed E-state index contributed by atoms with van der Waals surface area (Å²) in [5, 5.41) is 13.9. The highest BCUT2D eigenvalue weighted by Gasteiger charge is 2.22. The standard InChI is InChI=1S/C61H36N4O/c1-3-14-40-31-45(23-21-37(40)11-1)59-62-60(46-24-22-38-12-2-4-15-41(38)32-46)64-61(63-59)47-27-30-54(52(34-47)44-26-28-50-49-19-9-10-20-56(49)66-57(50)36-44)65-55-35-43-17-6-5-16-42(43)33-53(55)51-29-25-39-13-7-8-18-48(39)58(51)65/h1-36H. The van der Waals surface area contributed by atoms with Crippen molar-refractivity contribution in [3.05, 3.63) is 218 Å². The van der Waals surface area contributed by atoms with Gasteiger partial charge in [-0.3, -0.25) is 0 Å². The van der Waals surface area contributed by atoms with E-state index in [1.807, 2.05) is 12.1 Å². The smallest absolute Gasteiger partial charge is 0.164 e. The topological polar surface area (TPSA) is 56.7 Å². The van der Waals surface area contributed by atoms with Crippen LogP contribution in [0.5, 0.6) is 0 Å². The van der Waals surface area contributed by atoms with Crippen LogP contribution in [-0.2, 0) is 0 Å². The van der Waals surface area contributed by atoms with Gasteiger partial charge in [0.2, 0.25) is 0 Å². The first-order chi connectivity index (χ1) is 32.7. The van der Waals surface area contributed by atoms with Crippen molar-refractivity contribution >= 4 is 86.8 Å². The van der Waals surface area contributed by atoms with Gasteiger partial charge in [-0.2, -0.15) is 0 Å². The van der Waals surface area contributed by atoms with E-state index in [9.17, 15) is 0 Å². The molecule has 0 aliphatic rings. The molecule has 3 aromatic heterocycles. The highest BCUT2D eigenvalue weighted by molar-refractivity contribution is 6.21. The van der Waals surface area contributed by atoms with Crippen molar-refractivity contribution in [2.24, 2.45) is 0 Å². The third-order valence-electron chi connectivity index (χ3n) is 13.4. The predicted molar refractivity (Wildman–Crippen MR) is 273 cm³/mol. The first kappa shape index (κ1) is 36.5. The van der Waals surface area contributed by atoms with Crippen LogP contribution in [0.1, 0.15) is 0 Å². The van der Waals surface area contributed by atoms with E-state index in [1.165, 1.54) is 32.3 Å². The Morgan fingerprint density at radius 2 is 0.788 bits per heavy atom. The van der Waals surface area contributed by atoms with Gasteiger partial charge in [0.15, 0.2) is 17.5 Å². The van der Waals surface area contributed by atoms with Crippen LogP contribution in [0, 0.1) is 0 Å². The van der Waals surface area contributed by atoms with Gasteiger partial charge in [-0.15, -0.1) is 0 Å². The number of fused-ring (bicyclic) bond motifs is 11. The van der Waals surface area contributed by atoms with E-state index in [0.29, 0.717) is 17.5 Å². The molecule has 5 nitrogen and oxygen atoms in total. The van der Waals surface area contributed by atoms with Gasteiger partial charge in [0.05, 0.1) is 16.7 Å². The molecule has 11 aromatic carbocycles. The second-order valence-corrected chi connectivity index (χ2v) is 17.2. The summed E-state index contributed by atoms with van der Waals surface area (Å²) in [5.74, 6) is 1.82. The van der Waals surface area contributed by atoms with Crippen molar-refractivity contribution < 1.29 is 4.42 Å². The van der Waals surface area contributed by atoms with Crippen molar-refractivity contribution in [2.75, 3.05) is 0 Å². The second kappa shape index (κ2) is 14.3. The van der Waals surface area contributed by atoms with Gasteiger partial charge in [-0.25, -0.2) is 15.0 Å². The first-order valence-electron chi connectivity index (χ1n) is 22.3. The number of hydrogen-bond acceptors (Lipinski definition) is 4. The van der Waals surface area contributed by atoms with E-state index in [2.05, 4.69) is 211 Å². The Labute approximate surface area is 378 Å². The zero-order chi connectivity index (χ0) is 43.3. The molecule has 0 bridgehead atoms. The average molecular weight is 841 g/mol. The van der Waals surface area contributed by atoms with Crippen LogP contribution in [0.3, 0.4) is 0 Å². The van der Waals surface area contributed by atoms with Crippen LogP contribution in [-0.4, -0.2) is 19.5 Å². The summed E-state index contributed by atoms with van der Waals surface area (Å²) in [6, 6.07) is 77.8. The summed E-state index contributed by atoms with van der Waals surface area (Å²) in [7, 11) is 0. The van der Waals surface area contributed by atoms with Gasteiger partial charge in [0, 0.05) is 49.2 Å². The van der Waals surface area contributed by atoms with Crippen molar-refractivity contribution in [3.63, 3.8) is 0 Å². The maximum atomic E-state index is 6.56. The summed E-state index contributed by atoms with van der Waals surface area (Å²) < 4.78 is 9.03. The molecule has 66 heavy (non-hydrogen) atoms. The number of furan rings is 1. The Bertz CT molecular complexity index is 4210. The summed E-state index contributed by atoms with van der Waals surface area (Å²) in [6.07, 6.45) is 0. The molecular weight excluding hydrogens is 805 g/mol. The van der Waals surface area contributed by atoms with Crippen LogP contribution in [0.4, 0.5) is 0 Å². The van der Waals surface area contributed by atoms with Crippen LogP contribution in [0.15, 0.2) is 223 Å². The molecule has 0 atom stereocenters. The minimum absolute atomic E-state index is 0.590. The Morgan fingerprint density at radius 1 is 0.303 bits per heavy atom. The summed E-state index contributed by atoms with van der Waals surface area (Å²) in [5.41, 5.74) is 9.81. The molecule has 0 fully saturated rings. The lowest BCUT2D eigenvalue weighted by molar-refractivity contribution is 0.669. The quantitative estimate of drug-likeness (QED) is 0.173. The van der Waals surface area contributed by atoms with Gasteiger partial charge in [-0.1, -0.05) is 158 Å². The highest BCUT2D eigenvalue weighted by atomic mass is 16.3. The molecule has 3 heterocycles. The van der Waals surface area contributed by atoms with Crippen molar-refractivity contribution in [1.29, 1.82) is 0 Å². The fourth-order valence-electron chi connectivity index (χ4n) is 10.1. The second-order valence-electron chi connectivity index (χ2n) is 17.2. The number of nitrogens with zero attached hydrogens (tertiary/aromatic N) is 4. The minimum Gasteiger partial charge on any atom is -0.456 e. The zero-order valence-electron chi connectivity index (χ0n) is 35.5. The van der Waals surface area contributed by atoms with Gasteiger partial charge in [0.1, 0.15) is 11.2 Å². The molecule has 14 rings (SSSR count). The number of hydrogen-bond donors (Lipinski definition) is 0. The van der Waals surface area contributed by atoms with E-state index in [0.717, 1.165) is 88.0 Å². The largest absolute Gasteiger partial charge is 0.456 e. The number of benzene rings is 11. The Balaban J connectivity index is 1.06. The summed E-state index contributed by atoms with van der Waals surface area (Å²) in [4.78, 5) is 15.8. The van der Waals surface area contributed by atoms with Crippen LogP contribution < -0.4 is 0 Å². The van der Waals surface area contributed by atoms with Crippen LogP contribution in [0.2, 0.25) is 0 Å². The average Bonchev–Trinajstić information content (AvgIpc) is 3.92. The van der Waals surface area contributed by atoms with Crippen LogP contribution in [0.25, 0.3) is 138 Å². The van der Waals surface area contributed by atoms with E-state index in [1.54, 1.807) is 0 Å². The molecule has 0 radical (unpaired) electrons. The normalized spacial score (nSPS) is 11.9. The lowest BCUT2D eigenvalue weighted by Crippen LogP contribution is -2.02. The Morgan fingerprint density at radius 3 is 1.47 bits per heavy atom. The molecular formula is C61H36N4O. The van der Waals surface area contributed by atoms with E-state index in [4.69, 9.17) is 19.4 Å². The van der Waals surface area contributed by atoms with Gasteiger partial charge in [0.25, 0.3) is 0 Å². The SMILES string of the molecule is c1ccc2cc(-c3nc(-c4ccc(-n5c6cc7ccccc7cc6c6ccc7ccccc7c65)c(-c5ccc6c(c5)oc5ccccc56)c4)nc(-c4ccc5ccccc5c4)n3)ccc2c1. The molecule has 0 saturated carbocycles. The van der Waals surface area contributed by atoms with Gasteiger partial charge < -0.3 is 8.98 Å². The fraction of sp³-hybridized carbons (Fsp3) is 0. The van der Waals surface area contributed by atoms with Crippen LogP contribution >= 0.6 is 0 Å². The number of aromatic nitrogens is 4. The fourth-order valence-corrected chi connectivity index (χ4v) is 10.1. The maximum Gasteiger partial charge on any atom is 0.164 e. The number of para-hydroxylation sites is 1. The zero-order valence-corrected chi connectivity index (χ0v) is 35.5. The molecule has 0 amide bonds. The van der Waals surface area contributed by atoms with Crippen molar-refractivity contribution in [1.82, 2.24) is 19.5 Å². The Kier molecular flexibility index (Phi) is 7.91. The monoisotopic (exact) mass is 840 g/mol. The third-order valence-corrected chi connectivity index (χ3v) is 13.4. The molecule has 0 saturated heterocycles. The van der Waals surface area contributed by atoms with E-state index in [-0.39, 0.29) is 0 Å². The minimum atomic E-state index is 0.590. The summed E-state index contributed by atoms with van der Waals surface area (Å²) in [6.45, 7) is 0. The van der Waals surface area contributed by atoms with Crippen molar-refractivity contribution in [2.45, 2.75) is 0 Å². The van der Waals surface area contributed by atoms with E-state index >= 15 is 0 Å². The molecule has 0 N–H and O–H groups in total. The molecule has 306 valence electrons. The van der Waals surface area contributed by atoms with Gasteiger partial charge in [-0.05, 0) is 104 Å². The summed E-state index contributed by atoms with van der Waals surface area (Å²) >= 11 is 0. The third kappa shape index (κ3) is 5.77. The lowest BCUT2D eigenvalue weighted by Gasteiger charge is -2.17. The Hall–Kier alpha value is -8.93. The molecule has 0 aliphatic heterocycles. The molecule has 0 aliphatic carbocycles. The molecule has 14 aromatic rings. The molecule has 0 unspecified atom stereocenters. The molecule has 5 heteroatoms. The highest BCUT2D eigenvalue weighted by Crippen LogP contribution is 2.43. The van der Waals surface area contributed by atoms with E-state index < -0.39 is 0 Å². The lowest BCUT2D eigenvalue weighted by atomic mass is 9.98. The first-order valence-corrected chi connectivity index (χ1v) is 22.3. The van der Waals surface area contributed by atoms with Gasteiger partial charge >= 0.3 is 0 Å².